The van der Waals surface area contributed by atoms with Crippen LogP contribution in [0.4, 0.5) is 10.5 Å². The van der Waals surface area contributed by atoms with Gasteiger partial charge in [-0.1, -0.05) is 11.6 Å². The molecule has 0 aliphatic heterocycles. The Morgan fingerprint density at radius 2 is 2.00 bits per heavy atom. The van der Waals surface area contributed by atoms with Gasteiger partial charge in [-0.3, -0.25) is 9.36 Å². The molecule has 0 aromatic heterocycles. The molecule has 0 aliphatic rings. The number of benzene rings is 1. The molecule has 0 saturated carbocycles. The second-order valence-corrected chi connectivity index (χ2v) is 4.95. The molecule has 1 atom stereocenters. The van der Waals surface area contributed by atoms with Crippen LogP contribution in [0.25, 0.3) is 0 Å². The standard InChI is InChI=1S/C9H11ClNO4P.Na/c1-2-15-16(13,14)9(12)11-8-5-3-7(10)4-6-8;/h3-6H,2H2,1H3,(H,11,12)(H,13,14);/q;+1/p-1. The molecule has 0 bridgehead atoms. The van der Waals surface area contributed by atoms with Gasteiger partial charge in [0.15, 0.2) is 0 Å². The van der Waals surface area contributed by atoms with Gasteiger partial charge in [0.25, 0.3) is 5.65 Å². The number of carbonyl (C=O) groups excluding carboxylic acids is 1. The number of anilines is 1. The van der Waals surface area contributed by atoms with Gasteiger partial charge in [-0.05, 0) is 31.2 Å². The van der Waals surface area contributed by atoms with E-state index in [4.69, 9.17) is 11.6 Å². The molecule has 0 heterocycles. The summed E-state index contributed by atoms with van der Waals surface area (Å²) in [4.78, 5) is 22.4. The second kappa shape index (κ2) is 7.54. The van der Waals surface area contributed by atoms with E-state index in [2.05, 4.69) is 9.84 Å². The zero-order chi connectivity index (χ0) is 12.2. The fourth-order valence-electron chi connectivity index (χ4n) is 0.954. The van der Waals surface area contributed by atoms with Crippen LogP contribution in [0.1, 0.15) is 6.92 Å². The zero-order valence-corrected chi connectivity index (χ0v) is 13.1. The zero-order valence-electron chi connectivity index (χ0n) is 9.47. The van der Waals surface area contributed by atoms with Gasteiger partial charge < -0.3 is 14.7 Å². The van der Waals surface area contributed by atoms with Gasteiger partial charge in [-0.25, -0.2) is 0 Å². The molecule has 5 nitrogen and oxygen atoms in total. The monoisotopic (exact) mass is 285 g/mol. The molecule has 0 aliphatic carbocycles. The quantitative estimate of drug-likeness (QED) is 0.596. The molecule has 8 heteroatoms. The number of hydrogen-bond donors (Lipinski definition) is 1. The van der Waals surface area contributed by atoms with Gasteiger partial charge in [0.2, 0.25) is 7.60 Å². The van der Waals surface area contributed by atoms with Crippen molar-refractivity contribution in [3.63, 3.8) is 0 Å². The predicted octanol–water partition coefficient (Wildman–Crippen LogP) is -0.534. The van der Waals surface area contributed by atoms with E-state index in [1.807, 2.05) is 0 Å². The number of amides is 1. The van der Waals surface area contributed by atoms with Crippen molar-refractivity contribution in [2.24, 2.45) is 0 Å². The van der Waals surface area contributed by atoms with Crippen molar-refractivity contribution in [2.75, 3.05) is 11.9 Å². The number of carbonyl (C=O) groups is 1. The Kier molecular flexibility index (Phi) is 7.60. The van der Waals surface area contributed by atoms with Gasteiger partial charge in [-0.2, -0.15) is 0 Å². The minimum Gasteiger partial charge on any atom is -0.772 e. The van der Waals surface area contributed by atoms with Crippen LogP contribution in [0.2, 0.25) is 5.02 Å². The van der Waals surface area contributed by atoms with Crippen molar-refractivity contribution in [1.29, 1.82) is 0 Å². The SMILES string of the molecule is CCOP(=O)([O-])C(=O)Nc1ccc(Cl)cc1.[Na+]. The third kappa shape index (κ3) is 5.53. The number of hydrogen-bond acceptors (Lipinski definition) is 4. The first-order chi connectivity index (χ1) is 7.45. The summed E-state index contributed by atoms with van der Waals surface area (Å²) in [6.07, 6.45) is 0. The first kappa shape index (κ1) is 17.1. The van der Waals surface area contributed by atoms with Crippen LogP contribution in [-0.2, 0) is 9.09 Å². The number of nitrogens with one attached hydrogen (secondary N) is 1. The van der Waals surface area contributed by atoms with E-state index < -0.39 is 13.2 Å². The molecule has 1 aromatic rings. The Morgan fingerprint density at radius 3 is 2.47 bits per heavy atom. The van der Waals surface area contributed by atoms with Crippen LogP contribution in [0.3, 0.4) is 0 Å². The van der Waals surface area contributed by atoms with Gasteiger partial charge in [0, 0.05) is 10.7 Å². The average molecular weight is 286 g/mol. The summed E-state index contributed by atoms with van der Waals surface area (Å²) in [5.74, 6) is 0. The Morgan fingerprint density at radius 1 is 1.47 bits per heavy atom. The smallest absolute Gasteiger partial charge is 0.772 e. The Balaban J connectivity index is 0.00000256. The van der Waals surface area contributed by atoms with E-state index >= 15 is 0 Å². The first-order valence-electron chi connectivity index (χ1n) is 4.48. The molecule has 1 N–H and O–H groups in total. The molecule has 1 amide bonds. The molecular weight excluding hydrogens is 276 g/mol. The van der Waals surface area contributed by atoms with Crippen LogP contribution in [0, 0.1) is 0 Å². The van der Waals surface area contributed by atoms with Gasteiger partial charge in [0.1, 0.15) is 0 Å². The molecule has 0 fully saturated rings. The van der Waals surface area contributed by atoms with E-state index in [1.54, 1.807) is 0 Å². The molecule has 1 aromatic carbocycles. The van der Waals surface area contributed by atoms with E-state index in [-0.39, 0.29) is 36.2 Å². The molecule has 17 heavy (non-hydrogen) atoms. The van der Waals surface area contributed by atoms with Crippen molar-refractivity contribution < 1.29 is 48.3 Å². The maximum atomic E-state index is 11.3. The topological polar surface area (TPSA) is 78.5 Å². The maximum Gasteiger partial charge on any atom is 1.00 e. The summed E-state index contributed by atoms with van der Waals surface area (Å²) in [5, 5.41) is 2.69. The second-order valence-electron chi connectivity index (χ2n) is 2.85. The molecular formula is C9H10ClNNaO4P. The minimum atomic E-state index is -4.49. The van der Waals surface area contributed by atoms with Crippen molar-refractivity contribution in [1.82, 2.24) is 0 Å². The van der Waals surface area contributed by atoms with Crippen LogP contribution >= 0.6 is 19.2 Å². The first-order valence-corrected chi connectivity index (χ1v) is 6.40. The van der Waals surface area contributed by atoms with Crippen molar-refractivity contribution >= 4 is 30.5 Å². The summed E-state index contributed by atoms with van der Waals surface area (Å²) in [5.41, 5.74) is -0.832. The summed E-state index contributed by atoms with van der Waals surface area (Å²) in [7, 11) is -4.49. The summed E-state index contributed by atoms with van der Waals surface area (Å²) >= 11 is 5.63. The van der Waals surface area contributed by atoms with Crippen LogP contribution < -0.4 is 39.8 Å². The number of halogens is 1. The van der Waals surface area contributed by atoms with Crippen molar-refractivity contribution in [3.8, 4) is 0 Å². The summed E-state index contributed by atoms with van der Waals surface area (Å²) < 4.78 is 15.5. The molecule has 1 unspecified atom stereocenters. The fourth-order valence-corrected chi connectivity index (χ4v) is 1.80. The van der Waals surface area contributed by atoms with Gasteiger partial charge in [-0.15, -0.1) is 0 Å². The molecule has 0 saturated heterocycles. The maximum absolute atomic E-state index is 11.3. The van der Waals surface area contributed by atoms with E-state index in [0.717, 1.165) is 0 Å². The molecule has 0 radical (unpaired) electrons. The van der Waals surface area contributed by atoms with Crippen molar-refractivity contribution in [2.45, 2.75) is 6.92 Å². The summed E-state index contributed by atoms with van der Waals surface area (Å²) in [6, 6.07) is 6.06. The fraction of sp³-hybridized carbons (Fsp3) is 0.222. The minimum absolute atomic E-state index is 0. The Labute approximate surface area is 126 Å². The van der Waals surface area contributed by atoms with Gasteiger partial charge >= 0.3 is 29.6 Å². The third-order valence-electron chi connectivity index (χ3n) is 1.64. The Bertz CT molecular complexity index is 426. The average Bonchev–Trinajstić information content (AvgIpc) is 2.21. The summed E-state index contributed by atoms with van der Waals surface area (Å²) in [6.45, 7) is 1.41. The third-order valence-corrected chi connectivity index (χ3v) is 3.10. The normalized spacial score (nSPS) is 13.4. The van der Waals surface area contributed by atoms with Crippen LogP contribution in [0.5, 0.6) is 0 Å². The van der Waals surface area contributed by atoms with Crippen LogP contribution in [0.15, 0.2) is 24.3 Å². The Hall–Kier alpha value is 0.130. The molecule has 88 valence electrons. The predicted molar refractivity (Wildman–Crippen MR) is 59.7 cm³/mol. The number of rotatable bonds is 4. The molecule has 0 spiro atoms. The van der Waals surface area contributed by atoms with Gasteiger partial charge in [0.05, 0.1) is 6.61 Å². The van der Waals surface area contributed by atoms with Crippen LogP contribution in [-0.4, -0.2) is 12.3 Å². The van der Waals surface area contributed by atoms with E-state index in [1.165, 1.54) is 31.2 Å². The van der Waals surface area contributed by atoms with E-state index in [0.29, 0.717) is 10.7 Å². The largest absolute Gasteiger partial charge is 1.00 e. The van der Waals surface area contributed by atoms with Crippen molar-refractivity contribution in [3.05, 3.63) is 29.3 Å². The van der Waals surface area contributed by atoms with E-state index in [9.17, 15) is 14.3 Å². The molecule has 1 rings (SSSR count).